The molecule has 7 heteroatoms. The molecule has 110 valence electrons. The molecule has 0 unspecified atom stereocenters. The van der Waals surface area contributed by atoms with Gasteiger partial charge in [-0.2, -0.15) is 9.36 Å². The van der Waals surface area contributed by atoms with Gasteiger partial charge in [0.15, 0.2) is 5.82 Å². The fraction of sp³-hybridized carbons (Fsp3) is 0.357. The number of benzene rings is 1. The Morgan fingerprint density at radius 2 is 2.19 bits per heavy atom. The molecule has 2 heterocycles. The normalized spacial score (nSPS) is 15.9. The number of carbonyl (C=O) groups is 1. The number of carbonyl (C=O) groups excluding carboxylic acids is 1. The van der Waals surface area contributed by atoms with Gasteiger partial charge in [-0.15, -0.1) is 0 Å². The number of aromatic nitrogens is 2. The number of anilines is 1. The number of rotatable bonds is 3. The summed E-state index contributed by atoms with van der Waals surface area (Å²) in [5.74, 6) is 0.564. The van der Waals surface area contributed by atoms with E-state index in [-0.39, 0.29) is 11.8 Å². The highest BCUT2D eigenvalue weighted by Gasteiger charge is 2.22. The van der Waals surface area contributed by atoms with Crippen LogP contribution in [0.2, 0.25) is 5.02 Å². The van der Waals surface area contributed by atoms with E-state index in [0.29, 0.717) is 29.2 Å². The van der Waals surface area contributed by atoms with Gasteiger partial charge in [-0.05, 0) is 25.0 Å². The van der Waals surface area contributed by atoms with E-state index in [4.69, 9.17) is 16.3 Å². The van der Waals surface area contributed by atoms with Gasteiger partial charge in [-0.25, -0.2) is 0 Å². The van der Waals surface area contributed by atoms with Crippen LogP contribution in [0.15, 0.2) is 24.3 Å². The van der Waals surface area contributed by atoms with Gasteiger partial charge >= 0.3 is 0 Å². The second kappa shape index (κ2) is 6.51. The second-order valence-electron chi connectivity index (χ2n) is 4.81. The summed E-state index contributed by atoms with van der Waals surface area (Å²) in [5.41, 5.74) is 0.838. The zero-order chi connectivity index (χ0) is 14.7. The molecule has 1 aliphatic heterocycles. The van der Waals surface area contributed by atoms with Gasteiger partial charge in [0.2, 0.25) is 11.0 Å². The smallest absolute Gasteiger partial charge is 0.229 e. The van der Waals surface area contributed by atoms with Gasteiger partial charge in [-0.3, -0.25) is 4.79 Å². The minimum atomic E-state index is -0.00732. The van der Waals surface area contributed by atoms with E-state index in [9.17, 15) is 4.79 Å². The van der Waals surface area contributed by atoms with Gasteiger partial charge < -0.3 is 10.1 Å². The quantitative estimate of drug-likeness (QED) is 0.942. The fourth-order valence-electron chi connectivity index (χ4n) is 2.19. The maximum Gasteiger partial charge on any atom is 0.229 e. The first-order chi connectivity index (χ1) is 10.2. The van der Waals surface area contributed by atoms with Crippen molar-refractivity contribution in [3.8, 4) is 11.4 Å². The van der Waals surface area contributed by atoms with E-state index in [1.165, 1.54) is 11.5 Å². The number of ether oxygens (including phenoxy) is 1. The van der Waals surface area contributed by atoms with E-state index >= 15 is 0 Å². The summed E-state index contributed by atoms with van der Waals surface area (Å²) >= 11 is 7.13. The van der Waals surface area contributed by atoms with E-state index in [0.717, 1.165) is 18.4 Å². The maximum absolute atomic E-state index is 12.1. The van der Waals surface area contributed by atoms with E-state index in [2.05, 4.69) is 14.7 Å². The lowest BCUT2D eigenvalue weighted by atomic mass is 10.00. The van der Waals surface area contributed by atoms with Gasteiger partial charge in [0.1, 0.15) is 0 Å². The first-order valence-corrected chi connectivity index (χ1v) is 7.86. The third-order valence-corrected chi connectivity index (χ3v) is 4.20. The molecule has 0 saturated carbocycles. The molecule has 1 fully saturated rings. The van der Waals surface area contributed by atoms with Crippen molar-refractivity contribution >= 4 is 34.2 Å². The lowest BCUT2D eigenvalue weighted by molar-refractivity contribution is -0.122. The summed E-state index contributed by atoms with van der Waals surface area (Å²) in [6, 6.07) is 7.33. The molecular weight excluding hydrogens is 310 g/mol. The van der Waals surface area contributed by atoms with Crippen LogP contribution in [0.25, 0.3) is 11.4 Å². The Labute approximate surface area is 131 Å². The Kier molecular flexibility index (Phi) is 4.48. The average Bonchev–Trinajstić information content (AvgIpc) is 2.97. The second-order valence-corrected chi connectivity index (χ2v) is 6.00. The molecule has 0 aliphatic carbocycles. The molecule has 2 aromatic rings. The minimum absolute atomic E-state index is 0.00253. The molecule has 1 aromatic carbocycles. The molecule has 0 radical (unpaired) electrons. The third-order valence-electron chi connectivity index (χ3n) is 3.33. The summed E-state index contributed by atoms with van der Waals surface area (Å²) in [7, 11) is 0. The standard InChI is InChI=1S/C14H14ClN3O2S/c15-11-3-1-2-10(8-11)12-16-14(21-18-12)17-13(19)9-4-6-20-7-5-9/h1-3,8-9H,4-7H2,(H,16,17,18,19). The Hall–Kier alpha value is -1.50. The van der Waals surface area contributed by atoms with Crippen molar-refractivity contribution < 1.29 is 9.53 Å². The van der Waals surface area contributed by atoms with E-state index in [1.54, 1.807) is 12.1 Å². The number of amides is 1. The lowest BCUT2D eigenvalue weighted by Crippen LogP contribution is -2.28. The summed E-state index contributed by atoms with van der Waals surface area (Å²) in [5, 5.41) is 3.98. The van der Waals surface area contributed by atoms with Crippen molar-refractivity contribution in [2.75, 3.05) is 18.5 Å². The SMILES string of the molecule is O=C(Nc1nc(-c2cccc(Cl)c2)ns1)C1CCOCC1. The van der Waals surface area contributed by atoms with Crippen LogP contribution in [0.4, 0.5) is 5.13 Å². The monoisotopic (exact) mass is 323 g/mol. The summed E-state index contributed by atoms with van der Waals surface area (Å²) in [6.07, 6.45) is 1.51. The fourth-order valence-corrected chi connectivity index (χ4v) is 2.97. The van der Waals surface area contributed by atoms with Crippen LogP contribution in [0, 0.1) is 5.92 Å². The molecule has 1 aromatic heterocycles. The van der Waals surface area contributed by atoms with Crippen molar-refractivity contribution in [2.45, 2.75) is 12.8 Å². The molecule has 1 saturated heterocycles. The van der Waals surface area contributed by atoms with Crippen molar-refractivity contribution in [3.05, 3.63) is 29.3 Å². The van der Waals surface area contributed by atoms with Gasteiger partial charge in [0.05, 0.1) is 0 Å². The zero-order valence-electron chi connectivity index (χ0n) is 11.2. The number of halogens is 1. The Bertz CT molecular complexity index is 641. The molecule has 1 amide bonds. The number of hydrogen-bond donors (Lipinski definition) is 1. The summed E-state index contributed by atoms with van der Waals surface area (Å²) in [6.45, 7) is 1.28. The number of hydrogen-bond acceptors (Lipinski definition) is 5. The van der Waals surface area contributed by atoms with Crippen molar-refractivity contribution in [1.29, 1.82) is 0 Å². The van der Waals surface area contributed by atoms with Crippen molar-refractivity contribution in [3.63, 3.8) is 0 Å². The van der Waals surface area contributed by atoms with E-state index < -0.39 is 0 Å². The summed E-state index contributed by atoms with van der Waals surface area (Å²) < 4.78 is 9.51. The van der Waals surface area contributed by atoms with Crippen molar-refractivity contribution in [2.24, 2.45) is 5.92 Å². The topological polar surface area (TPSA) is 64.1 Å². The summed E-state index contributed by atoms with van der Waals surface area (Å²) in [4.78, 5) is 16.5. The molecule has 0 bridgehead atoms. The van der Waals surface area contributed by atoms with Gasteiger partial charge in [0.25, 0.3) is 0 Å². The molecule has 0 atom stereocenters. The highest BCUT2D eigenvalue weighted by atomic mass is 35.5. The molecular formula is C14H14ClN3O2S. The Morgan fingerprint density at radius 3 is 2.95 bits per heavy atom. The van der Waals surface area contributed by atoms with Crippen LogP contribution in [0.3, 0.4) is 0 Å². The van der Waals surface area contributed by atoms with E-state index in [1.807, 2.05) is 12.1 Å². The van der Waals surface area contributed by atoms with Crippen LogP contribution < -0.4 is 5.32 Å². The average molecular weight is 324 g/mol. The van der Waals surface area contributed by atoms with Crippen LogP contribution in [0.1, 0.15) is 12.8 Å². The highest BCUT2D eigenvalue weighted by Crippen LogP contribution is 2.24. The van der Waals surface area contributed by atoms with Crippen molar-refractivity contribution in [1.82, 2.24) is 9.36 Å². The first kappa shape index (κ1) is 14.4. The number of nitrogens with zero attached hydrogens (tertiary/aromatic N) is 2. The van der Waals surface area contributed by atoms with Crippen LogP contribution in [-0.2, 0) is 9.53 Å². The molecule has 1 aliphatic rings. The third kappa shape index (κ3) is 3.58. The first-order valence-electron chi connectivity index (χ1n) is 6.70. The maximum atomic E-state index is 12.1. The lowest BCUT2D eigenvalue weighted by Gasteiger charge is -2.20. The predicted octanol–water partition coefficient (Wildman–Crippen LogP) is 3.22. The van der Waals surface area contributed by atoms with Gasteiger partial charge in [-0.1, -0.05) is 23.7 Å². The molecule has 3 rings (SSSR count). The highest BCUT2D eigenvalue weighted by molar-refractivity contribution is 7.10. The zero-order valence-corrected chi connectivity index (χ0v) is 12.8. The minimum Gasteiger partial charge on any atom is -0.381 e. The molecule has 0 spiro atoms. The molecule has 1 N–H and O–H groups in total. The van der Waals surface area contributed by atoms with Crippen LogP contribution in [0.5, 0.6) is 0 Å². The van der Waals surface area contributed by atoms with Crippen LogP contribution in [-0.4, -0.2) is 28.5 Å². The Balaban J connectivity index is 1.69. The van der Waals surface area contributed by atoms with Gasteiger partial charge in [0, 0.05) is 41.3 Å². The molecule has 21 heavy (non-hydrogen) atoms. The number of nitrogens with one attached hydrogen (secondary N) is 1. The van der Waals surface area contributed by atoms with Crippen LogP contribution >= 0.6 is 23.1 Å². The predicted molar refractivity (Wildman–Crippen MR) is 82.5 cm³/mol. The molecule has 5 nitrogen and oxygen atoms in total. The Morgan fingerprint density at radius 1 is 1.38 bits per heavy atom. The largest absolute Gasteiger partial charge is 0.381 e.